The zero-order valence-corrected chi connectivity index (χ0v) is 11.9. The highest BCUT2D eigenvalue weighted by atomic mass is 32.2. The summed E-state index contributed by atoms with van der Waals surface area (Å²) < 4.78 is 24.0. The van der Waals surface area contributed by atoms with Crippen molar-refractivity contribution < 1.29 is 13.5 Å². The highest BCUT2D eigenvalue weighted by Gasteiger charge is 2.37. The molecule has 2 unspecified atom stereocenters. The molecule has 0 radical (unpaired) electrons. The van der Waals surface area contributed by atoms with Gasteiger partial charge in [0.25, 0.3) is 0 Å². The van der Waals surface area contributed by atoms with Crippen LogP contribution in [0, 0.1) is 5.41 Å². The predicted molar refractivity (Wildman–Crippen MR) is 71.3 cm³/mol. The lowest BCUT2D eigenvalue weighted by atomic mass is 9.82. The molecule has 0 spiro atoms. The van der Waals surface area contributed by atoms with Crippen LogP contribution in [0.2, 0.25) is 0 Å². The number of aliphatic hydroxyl groups excluding tert-OH is 1. The van der Waals surface area contributed by atoms with Gasteiger partial charge >= 0.3 is 0 Å². The molecule has 1 aliphatic rings. The van der Waals surface area contributed by atoms with E-state index in [9.17, 15) is 13.5 Å². The Morgan fingerprint density at radius 2 is 1.94 bits per heavy atom. The van der Waals surface area contributed by atoms with E-state index in [1.807, 2.05) is 32.9 Å². The van der Waals surface area contributed by atoms with Crippen molar-refractivity contribution in [1.82, 2.24) is 0 Å². The minimum atomic E-state index is -3.16. The molecule has 4 heteroatoms. The first kappa shape index (κ1) is 13.6. The molecule has 100 valence electrons. The molecule has 1 aromatic carbocycles. The number of aliphatic hydroxyl groups is 1. The van der Waals surface area contributed by atoms with Crippen LogP contribution in [0.5, 0.6) is 0 Å². The second-order valence-corrected chi connectivity index (χ2v) is 8.14. The van der Waals surface area contributed by atoms with Crippen LogP contribution in [0.4, 0.5) is 0 Å². The average Bonchev–Trinajstić information content (AvgIpc) is 2.50. The summed E-state index contributed by atoms with van der Waals surface area (Å²) in [5.41, 5.74) is 0.641. The van der Waals surface area contributed by atoms with Gasteiger partial charge in [0.2, 0.25) is 0 Å². The molecule has 3 nitrogen and oxygen atoms in total. The Morgan fingerprint density at radius 1 is 1.33 bits per heavy atom. The van der Waals surface area contributed by atoms with E-state index in [4.69, 9.17) is 0 Å². The van der Waals surface area contributed by atoms with Gasteiger partial charge < -0.3 is 5.11 Å². The smallest absolute Gasteiger partial charge is 0.179 e. The molecule has 0 bridgehead atoms. The first-order valence-electron chi connectivity index (χ1n) is 6.21. The normalized spacial score (nSPS) is 23.7. The monoisotopic (exact) mass is 268 g/mol. The maximum atomic E-state index is 12.0. The molecule has 1 heterocycles. The number of hydrogen-bond acceptors (Lipinski definition) is 3. The van der Waals surface area contributed by atoms with Crippen molar-refractivity contribution >= 4 is 9.84 Å². The molecule has 1 aromatic rings. The van der Waals surface area contributed by atoms with E-state index in [1.54, 1.807) is 12.1 Å². The standard InChI is InChI=1S/C14H20O3S/c1-14(2,3)13(15)8-10-9-18(16,17)12-7-5-4-6-11(10)12/h4-7,10,13,15H,8-9H2,1-3H3. The Morgan fingerprint density at radius 3 is 2.56 bits per heavy atom. The maximum Gasteiger partial charge on any atom is 0.179 e. The lowest BCUT2D eigenvalue weighted by Gasteiger charge is -2.28. The Balaban J connectivity index is 2.29. The number of fused-ring (bicyclic) bond motifs is 1. The molecule has 0 fully saturated rings. The lowest BCUT2D eigenvalue weighted by Crippen LogP contribution is -2.28. The van der Waals surface area contributed by atoms with Crippen LogP contribution >= 0.6 is 0 Å². The Labute approximate surface area is 109 Å². The van der Waals surface area contributed by atoms with Crippen LogP contribution < -0.4 is 0 Å². The number of sulfone groups is 1. The van der Waals surface area contributed by atoms with E-state index in [0.717, 1.165) is 5.56 Å². The summed E-state index contributed by atoms with van der Waals surface area (Å²) in [6.45, 7) is 5.90. The van der Waals surface area contributed by atoms with Gasteiger partial charge in [0, 0.05) is 5.92 Å². The van der Waals surface area contributed by atoms with Crippen molar-refractivity contribution in [3.8, 4) is 0 Å². The van der Waals surface area contributed by atoms with Crippen LogP contribution in [0.25, 0.3) is 0 Å². The van der Waals surface area contributed by atoms with Crippen molar-refractivity contribution in [1.29, 1.82) is 0 Å². The Bertz CT molecular complexity index is 540. The predicted octanol–water partition coefficient (Wildman–Crippen LogP) is 2.35. The van der Waals surface area contributed by atoms with E-state index >= 15 is 0 Å². The second-order valence-electron chi connectivity index (χ2n) is 6.13. The van der Waals surface area contributed by atoms with Gasteiger partial charge in [-0.05, 0) is 23.5 Å². The number of benzene rings is 1. The van der Waals surface area contributed by atoms with Crippen LogP contribution in [-0.2, 0) is 9.84 Å². The zero-order valence-electron chi connectivity index (χ0n) is 11.1. The average molecular weight is 268 g/mol. The summed E-state index contributed by atoms with van der Waals surface area (Å²) in [7, 11) is -3.16. The third-order valence-electron chi connectivity index (χ3n) is 3.62. The minimum absolute atomic E-state index is 0.0829. The third-order valence-corrected chi connectivity index (χ3v) is 5.51. The first-order valence-corrected chi connectivity index (χ1v) is 7.87. The van der Waals surface area contributed by atoms with Gasteiger partial charge in [-0.25, -0.2) is 8.42 Å². The van der Waals surface area contributed by atoms with Crippen molar-refractivity contribution in [2.24, 2.45) is 5.41 Å². The lowest BCUT2D eigenvalue weighted by molar-refractivity contribution is 0.0510. The van der Waals surface area contributed by atoms with E-state index < -0.39 is 15.9 Å². The van der Waals surface area contributed by atoms with E-state index in [-0.39, 0.29) is 17.1 Å². The fraction of sp³-hybridized carbons (Fsp3) is 0.571. The van der Waals surface area contributed by atoms with Crippen molar-refractivity contribution in [3.63, 3.8) is 0 Å². The maximum absolute atomic E-state index is 12.0. The number of hydrogen-bond donors (Lipinski definition) is 1. The highest BCUT2D eigenvalue weighted by molar-refractivity contribution is 7.91. The molecule has 18 heavy (non-hydrogen) atoms. The van der Waals surface area contributed by atoms with Gasteiger partial charge in [-0.15, -0.1) is 0 Å². The fourth-order valence-electron chi connectivity index (χ4n) is 2.36. The topological polar surface area (TPSA) is 54.4 Å². The number of rotatable bonds is 2. The zero-order chi connectivity index (χ0) is 13.6. The molecular formula is C14H20O3S. The molecule has 0 amide bonds. The SMILES string of the molecule is CC(C)(C)C(O)CC1CS(=O)(=O)c2ccccc21. The van der Waals surface area contributed by atoms with Gasteiger partial charge in [-0.1, -0.05) is 39.0 Å². The van der Waals surface area contributed by atoms with Crippen LogP contribution in [0.1, 0.15) is 38.7 Å². The summed E-state index contributed by atoms with van der Waals surface area (Å²) in [6, 6.07) is 7.13. The van der Waals surface area contributed by atoms with E-state index in [2.05, 4.69) is 0 Å². The molecule has 0 saturated heterocycles. The van der Waals surface area contributed by atoms with Gasteiger partial charge in [0.15, 0.2) is 9.84 Å². The Kier molecular flexibility index (Phi) is 3.28. The van der Waals surface area contributed by atoms with Crippen LogP contribution in [-0.4, -0.2) is 25.4 Å². The van der Waals surface area contributed by atoms with E-state index in [1.165, 1.54) is 0 Å². The Hall–Kier alpha value is -0.870. The third kappa shape index (κ3) is 2.45. The summed E-state index contributed by atoms with van der Waals surface area (Å²) in [6.07, 6.45) is 0.00332. The van der Waals surface area contributed by atoms with Crippen molar-refractivity contribution in [3.05, 3.63) is 29.8 Å². The van der Waals surface area contributed by atoms with Gasteiger partial charge in [-0.3, -0.25) is 0 Å². The molecule has 2 rings (SSSR count). The molecule has 1 aliphatic heterocycles. The quantitative estimate of drug-likeness (QED) is 0.896. The molecule has 0 aromatic heterocycles. The molecule has 1 N–H and O–H groups in total. The molecular weight excluding hydrogens is 248 g/mol. The summed E-state index contributed by atoms with van der Waals surface area (Å²) in [5.74, 6) is 0.0416. The fourth-order valence-corrected chi connectivity index (χ4v) is 4.27. The van der Waals surface area contributed by atoms with Crippen LogP contribution in [0.3, 0.4) is 0 Å². The van der Waals surface area contributed by atoms with Crippen LogP contribution in [0.15, 0.2) is 29.2 Å². The van der Waals surface area contributed by atoms with Gasteiger partial charge in [0.05, 0.1) is 16.8 Å². The van der Waals surface area contributed by atoms with Crippen molar-refractivity contribution in [2.45, 2.75) is 44.1 Å². The molecule has 2 atom stereocenters. The largest absolute Gasteiger partial charge is 0.393 e. The van der Waals surface area contributed by atoms with Gasteiger partial charge in [0.1, 0.15) is 0 Å². The highest BCUT2D eigenvalue weighted by Crippen LogP contribution is 2.39. The minimum Gasteiger partial charge on any atom is -0.393 e. The summed E-state index contributed by atoms with van der Waals surface area (Å²) >= 11 is 0. The summed E-state index contributed by atoms with van der Waals surface area (Å²) in [4.78, 5) is 0.441. The van der Waals surface area contributed by atoms with E-state index in [0.29, 0.717) is 11.3 Å². The summed E-state index contributed by atoms with van der Waals surface area (Å²) in [5, 5.41) is 10.1. The first-order chi connectivity index (χ1) is 8.22. The van der Waals surface area contributed by atoms with Gasteiger partial charge in [-0.2, -0.15) is 0 Å². The molecule has 0 saturated carbocycles. The van der Waals surface area contributed by atoms with Crippen molar-refractivity contribution in [2.75, 3.05) is 5.75 Å². The second kappa shape index (κ2) is 4.35. The molecule has 0 aliphatic carbocycles.